The summed E-state index contributed by atoms with van der Waals surface area (Å²) in [6.45, 7) is 8.07. The zero-order chi connectivity index (χ0) is 19.0. The van der Waals surface area contributed by atoms with Gasteiger partial charge in [0, 0.05) is 30.4 Å². The van der Waals surface area contributed by atoms with Gasteiger partial charge in [0.1, 0.15) is 5.69 Å². The van der Waals surface area contributed by atoms with Gasteiger partial charge in [0.25, 0.3) is 5.91 Å². The van der Waals surface area contributed by atoms with Gasteiger partial charge in [-0.25, -0.2) is 0 Å². The molecule has 1 fully saturated rings. The fourth-order valence-electron chi connectivity index (χ4n) is 4.08. The third-order valence-corrected chi connectivity index (χ3v) is 5.57. The number of carbonyl (C=O) groups excluding carboxylic acids is 1. The second-order valence-electron chi connectivity index (χ2n) is 7.51. The SMILES string of the molecule is Cc1ccc(C)c2c(C)c(C(=O)N3CCOC(Cc4ccccc4)C3)[nH]c12. The summed E-state index contributed by atoms with van der Waals surface area (Å²) in [5.41, 5.74) is 6.44. The van der Waals surface area contributed by atoms with Crippen LogP contribution in [0.25, 0.3) is 10.9 Å². The Morgan fingerprint density at radius 1 is 1.11 bits per heavy atom. The molecule has 4 nitrogen and oxygen atoms in total. The van der Waals surface area contributed by atoms with E-state index in [-0.39, 0.29) is 12.0 Å². The minimum absolute atomic E-state index is 0.0401. The Morgan fingerprint density at radius 3 is 2.59 bits per heavy atom. The van der Waals surface area contributed by atoms with Gasteiger partial charge in [-0.1, -0.05) is 42.5 Å². The maximum absolute atomic E-state index is 13.2. The normalized spacial score (nSPS) is 17.4. The van der Waals surface area contributed by atoms with Crippen LogP contribution in [-0.4, -0.2) is 41.6 Å². The molecule has 1 N–H and O–H groups in total. The third-order valence-electron chi connectivity index (χ3n) is 5.57. The molecule has 4 rings (SSSR count). The lowest BCUT2D eigenvalue weighted by Gasteiger charge is -2.33. The number of hydrogen-bond acceptors (Lipinski definition) is 2. The summed E-state index contributed by atoms with van der Waals surface area (Å²) in [4.78, 5) is 18.6. The quantitative estimate of drug-likeness (QED) is 0.760. The van der Waals surface area contributed by atoms with E-state index in [4.69, 9.17) is 4.74 Å². The zero-order valence-corrected chi connectivity index (χ0v) is 16.2. The highest BCUT2D eigenvalue weighted by Crippen LogP contribution is 2.28. The molecule has 4 heteroatoms. The predicted molar refractivity (Wildman–Crippen MR) is 108 cm³/mol. The van der Waals surface area contributed by atoms with Crippen LogP contribution in [0.4, 0.5) is 0 Å². The monoisotopic (exact) mass is 362 g/mol. The van der Waals surface area contributed by atoms with E-state index < -0.39 is 0 Å². The predicted octanol–water partition coefficient (Wildman–Crippen LogP) is 4.18. The minimum Gasteiger partial charge on any atom is -0.374 e. The third kappa shape index (κ3) is 3.37. The molecule has 0 bridgehead atoms. The number of benzene rings is 2. The van der Waals surface area contributed by atoms with Crippen LogP contribution in [0.2, 0.25) is 0 Å². The smallest absolute Gasteiger partial charge is 0.270 e. The van der Waals surface area contributed by atoms with Crippen LogP contribution >= 0.6 is 0 Å². The van der Waals surface area contributed by atoms with Crippen LogP contribution in [-0.2, 0) is 11.2 Å². The van der Waals surface area contributed by atoms with E-state index in [9.17, 15) is 4.79 Å². The first-order valence-electron chi connectivity index (χ1n) is 9.58. The summed E-state index contributed by atoms with van der Waals surface area (Å²) in [6, 6.07) is 14.5. The molecule has 1 unspecified atom stereocenters. The van der Waals surface area contributed by atoms with Crippen molar-refractivity contribution in [3.63, 3.8) is 0 Å². The van der Waals surface area contributed by atoms with Gasteiger partial charge in [0.05, 0.1) is 12.7 Å². The van der Waals surface area contributed by atoms with Crippen molar-refractivity contribution in [1.29, 1.82) is 0 Å². The number of rotatable bonds is 3. The first-order valence-corrected chi connectivity index (χ1v) is 9.58. The molecular formula is C23H26N2O2. The van der Waals surface area contributed by atoms with Crippen molar-refractivity contribution < 1.29 is 9.53 Å². The van der Waals surface area contributed by atoms with E-state index in [1.165, 1.54) is 22.1 Å². The van der Waals surface area contributed by atoms with Crippen LogP contribution in [0.3, 0.4) is 0 Å². The Morgan fingerprint density at radius 2 is 1.85 bits per heavy atom. The number of fused-ring (bicyclic) bond motifs is 1. The molecule has 1 aliphatic rings. The Kier molecular flexibility index (Phi) is 4.75. The molecule has 2 heterocycles. The van der Waals surface area contributed by atoms with E-state index in [0.717, 1.165) is 17.5 Å². The fraction of sp³-hybridized carbons (Fsp3) is 0.348. The Balaban J connectivity index is 1.57. The second-order valence-corrected chi connectivity index (χ2v) is 7.51. The molecule has 1 aromatic heterocycles. The van der Waals surface area contributed by atoms with Crippen LogP contribution in [0.1, 0.15) is 32.7 Å². The Labute approximate surface area is 160 Å². The molecule has 0 radical (unpaired) electrons. The first kappa shape index (κ1) is 17.8. The highest BCUT2D eigenvalue weighted by Gasteiger charge is 2.28. The lowest BCUT2D eigenvalue weighted by Crippen LogP contribution is -2.46. The summed E-state index contributed by atoms with van der Waals surface area (Å²) in [5, 5.41) is 1.17. The molecule has 0 spiro atoms. The number of carbonyl (C=O) groups is 1. The summed E-state index contributed by atoms with van der Waals surface area (Å²) < 4.78 is 5.92. The van der Waals surface area contributed by atoms with E-state index >= 15 is 0 Å². The van der Waals surface area contributed by atoms with Crippen LogP contribution in [0, 0.1) is 20.8 Å². The Hall–Kier alpha value is -2.59. The number of morpholine rings is 1. The standard InChI is InChI=1S/C23H26N2O2/c1-15-9-10-16(2)21-20(15)17(3)22(24-21)23(26)25-11-12-27-19(14-25)13-18-7-5-4-6-8-18/h4-10,19,24H,11-14H2,1-3H3. The van der Waals surface area contributed by atoms with Crippen molar-refractivity contribution in [3.05, 3.63) is 70.4 Å². The van der Waals surface area contributed by atoms with Crippen molar-refractivity contribution in [2.45, 2.75) is 33.3 Å². The molecule has 1 atom stereocenters. The van der Waals surface area contributed by atoms with Crippen LogP contribution in [0.15, 0.2) is 42.5 Å². The highest BCUT2D eigenvalue weighted by atomic mass is 16.5. The topological polar surface area (TPSA) is 45.3 Å². The van der Waals surface area contributed by atoms with Crippen LogP contribution < -0.4 is 0 Å². The summed E-state index contributed by atoms with van der Waals surface area (Å²) in [6.07, 6.45) is 0.868. The van der Waals surface area contributed by atoms with Gasteiger partial charge in [-0.3, -0.25) is 4.79 Å². The van der Waals surface area contributed by atoms with Crippen molar-refractivity contribution in [2.75, 3.05) is 19.7 Å². The molecular weight excluding hydrogens is 336 g/mol. The number of hydrogen-bond donors (Lipinski definition) is 1. The first-order chi connectivity index (χ1) is 13.0. The highest BCUT2D eigenvalue weighted by molar-refractivity contribution is 6.02. The fourth-order valence-corrected chi connectivity index (χ4v) is 4.08. The summed E-state index contributed by atoms with van der Waals surface area (Å²) in [7, 11) is 0. The van der Waals surface area contributed by atoms with Crippen LogP contribution in [0.5, 0.6) is 0 Å². The number of amides is 1. The maximum Gasteiger partial charge on any atom is 0.270 e. The molecule has 1 amide bonds. The maximum atomic E-state index is 13.2. The van der Waals surface area contributed by atoms with E-state index in [1.807, 2.05) is 30.0 Å². The van der Waals surface area contributed by atoms with E-state index in [0.29, 0.717) is 25.4 Å². The number of ether oxygens (including phenoxy) is 1. The van der Waals surface area contributed by atoms with Gasteiger partial charge < -0.3 is 14.6 Å². The molecule has 1 saturated heterocycles. The lowest BCUT2D eigenvalue weighted by atomic mass is 10.0. The van der Waals surface area contributed by atoms with Crippen molar-refractivity contribution in [1.82, 2.24) is 9.88 Å². The molecule has 0 aliphatic carbocycles. The van der Waals surface area contributed by atoms with E-state index in [2.05, 4.69) is 43.1 Å². The molecule has 140 valence electrons. The summed E-state index contributed by atoms with van der Waals surface area (Å²) in [5.74, 6) is 0.0730. The number of nitrogens with zero attached hydrogens (tertiary/aromatic N) is 1. The largest absolute Gasteiger partial charge is 0.374 e. The van der Waals surface area contributed by atoms with Crippen molar-refractivity contribution in [2.24, 2.45) is 0 Å². The molecule has 27 heavy (non-hydrogen) atoms. The average Bonchev–Trinajstić information content (AvgIpc) is 3.04. The van der Waals surface area contributed by atoms with E-state index in [1.54, 1.807) is 0 Å². The molecule has 3 aromatic rings. The zero-order valence-electron chi connectivity index (χ0n) is 16.2. The number of aromatic amines is 1. The van der Waals surface area contributed by atoms with Gasteiger partial charge in [-0.05, 0) is 43.0 Å². The molecule has 2 aromatic carbocycles. The summed E-state index contributed by atoms with van der Waals surface area (Å²) >= 11 is 0. The molecule has 0 saturated carbocycles. The Bertz CT molecular complexity index is 975. The minimum atomic E-state index is 0.0401. The molecule has 1 aliphatic heterocycles. The number of nitrogens with one attached hydrogen (secondary N) is 1. The number of H-pyrrole nitrogens is 1. The second kappa shape index (κ2) is 7.20. The lowest BCUT2D eigenvalue weighted by molar-refractivity contribution is -0.0210. The van der Waals surface area contributed by atoms with Gasteiger partial charge >= 0.3 is 0 Å². The van der Waals surface area contributed by atoms with Crippen molar-refractivity contribution in [3.8, 4) is 0 Å². The van der Waals surface area contributed by atoms with Gasteiger partial charge in [-0.15, -0.1) is 0 Å². The number of aryl methyl sites for hydroxylation is 3. The van der Waals surface area contributed by atoms with Gasteiger partial charge in [-0.2, -0.15) is 0 Å². The van der Waals surface area contributed by atoms with Gasteiger partial charge in [0.15, 0.2) is 0 Å². The van der Waals surface area contributed by atoms with Crippen molar-refractivity contribution >= 4 is 16.8 Å². The number of aromatic nitrogens is 1. The van der Waals surface area contributed by atoms with Gasteiger partial charge in [0.2, 0.25) is 0 Å². The average molecular weight is 362 g/mol.